The average molecular weight is 479 g/mol. The number of alkyl halides is 3. The van der Waals surface area contributed by atoms with Crippen molar-refractivity contribution in [2.24, 2.45) is 5.73 Å². The van der Waals surface area contributed by atoms with Gasteiger partial charge in [-0.2, -0.15) is 27.1 Å². The maximum absolute atomic E-state index is 12.5. The van der Waals surface area contributed by atoms with Crippen molar-refractivity contribution >= 4 is 33.2 Å². The number of thiophene rings is 1. The molecule has 0 saturated carbocycles. The third kappa shape index (κ3) is 7.22. The molecule has 3 N–H and O–H groups in total. The van der Waals surface area contributed by atoms with E-state index in [1.807, 2.05) is 12.1 Å². The van der Waals surface area contributed by atoms with Crippen LogP contribution in [0, 0.1) is 0 Å². The topological polar surface area (TPSA) is 103 Å². The van der Waals surface area contributed by atoms with Gasteiger partial charge in [-0.25, -0.2) is 14.3 Å². The fraction of sp³-hybridized carbons (Fsp3) is 0.308. The maximum Gasteiger partial charge on any atom is 0.490 e. The van der Waals surface area contributed by atoms with Crippen LogP contribution in [-0.4, -0.2) is 38.1 Å². The molecule has 2 aromatic heterocycles. The van der Waals surface area contributed by atoms with Crippen LogP contribution in [0.3, 0.4) is 0 Å². The van der Waals surface area contributed by atoms with Gasteiger partial charge in [0, 0.05) is 17.0 Å². The van der Waals surface area contributed by atoms with E-state index in [0.29, 0.717) is 6.54 Å². The number of carboxylic acid groups (broad SMARTS) is 1. The molecule has 0 aliphatic heterocycles. The van der Waals surface area contributed by atoms with Crippen LogP contribution in [0.25, 0.3) is 0 Å². The van der Waals surface area contributed by atoms with E-state index in [4.69, 9.17) is 15.6 Å². The van der Waals surface area contributed by atoms with Gasteiger partial charge in [-0.1, -0.05) is 0 Å². The first-order valence-electron chi connectivity index (χ1n) is 6.85. The lowest BCUT2D eigenvalue weighted by molar-refractivity contribution is -0.192. The number of aromatic nitrogens is 3. The van der Waals surface area contributed by atoms with Gasteiger partial charge in [-0.05, 0) is 28.1 Å². The van der Waals surface area contributed by atoms with Gasteiger partial charge in [0.15, 0.2) is 0 Å². The summed E-state index contributed by atoms with van der Waals surface area (Å²) in [7, 11) is 0. The molecule has 7 nitrogen and oxygen atoms in total. The quantitative estimate of drug-likeness (QED) is 0.643. The molecular formula is C13H12BrF5N4O3S. The van der Waals surface area contributed by atoms with Crippen LogP contribution in [0.15, 0.2) is 38.7 Å². The molecule has 0 aliphatic rings. The van der Waals surface area contributed by atoms with E-state index in [0.717, 1.165) is 13.3 Å². The Morgan fingerprint density at radius 1 is 1.33 bits per heavy atom. The molecule has 0 spiro atoms. The number of carboxylic acids is 1. The number of nitrogens with two attached hydrogens (primary N) is 1. The van der Waals surface area contributed by atoms with Gasteiger partial charge in [0.1, 0.15) is 6.33 Å². The van der Waals surface area contributed by atoms with Crippen LogP contribution in [0.1, 0.15) is 4.88 Å². The van der Waals surface area contributed by atoms with E-state index in [-0.39, 0.29) is 18.7 Å². The van der Waals surface area contributed by atoms with Gasteiger partial charge in [0.25, 0.3) is 6.08 Å². The highest BCUT2D eigenvalue weighted by Gasteiger charge is 2.38. The summed E-state index contributed by atoms with van der Waals surface area (Å²) in [5.41, 5.74) is 4.48. The normalized spacial score (nSPS) is 10.9. The Morgan fingerprint density at radius 2 is 1.93 bits per heavy atom. The molecule has 0 aliphatic carbocycles. The SMILES string of the molecule is NCC(Cn1ncn(Cc2ccc(Br)s2)c1=O)=C(F)F.O=C(O)C(F)(F)F. The highest BCUT2D eigenvalue weighted by atomic mass is 79.9. The summed E-state index contributed by atoms with van der Waals surface area (Å²) in [5, 5.41) is 11.0. The Kier molecular flexibility index (Phi) is 8.30. The first kappa shape index (κ1) is 23.0. The van der Waals surface area contributed by atoms with Gasteiger partial charge in [-0.3, -0.25) is 4.57 Å². The van der Waals surface area contributed by atoms with Crippen molar-refractivity contribution in [2.75, 3.05) is 6.54 Å². The van der Waals surface area contributed by atoms with Gasteiger partial charge < -0.3 is 10.8 Å². The zero-order valence-electron chi connectivity index (χ0n) is 13.2. The van der Waals surface area contributed by atoms with Crippen molar-refractivity contribution in [1.82, 2.24) is 14.3 Å². The lowest BCUT2D eigenvalue weighted by atomic mass is 10.3. The molecule has 14 heteroatoms. The largest absolute Gasteiger partial charge is 0.490 e. The number of hydrogen-bond donors (Lipinski definition) is 2. The number of aliphatic carboxylic acids is 1. The Balaban J connectivity index is 0.000000445. The van der Waals surface area contributed by atoms with Gasteiger partial charge >= 0.3 is 17.8 Å². The van der Waals surface area contributed by atoms with E-state index in [2.05, 4.69) is 21.0 Å². The minimum atomic E-state index is -5.08. The molecule has 150 valence electrons. The highest BCUT2D eigenvalue weighted by Crippen LogP contribution is 2.22. The Hall–Kier alpha value is -2.06. The van der Waals surface area contributed by atoms with E-state index < -0.39 is 23.9 Å². The van der Waals surface area contributed by atoms with Crippen molar-refractivity contribution in [3.8, 4) is 0 Å². The molecular weight excluding hydrogens is 467 g/mol. The second-order valence-corrected chi connectivity index (χ2v) is 7.32. The Morgan fingerprint density at radius 3 is 2.33 bits per heavy atom. The number of rotatable bonds is 5. The second kappa shape index (κ2) is 9.75. The third-order valence-corrected chi connectivity index (χ3v) is 4.46. The molecule has 0 bridgehead atoms. The fourth-order valence-corrected chi connectivity index (χ4v) is 3.06. The van der Waals surface area contributed by atoms with E-state index >= 15 is 0 Å². The summed E-state index contributed by atoms with van der Waals surface area (Å²) in [4.78, 5) is 21.9. The second-order valence-electron chi connectivity index (χ2n) is 4.78. The first-order valence-corrected chi connectivity index (χ1v) is 8.46. The molecule has 0 amide bonds. The van der Waals surface area contributed by atoms with Crippen molar-refractivity contribution in [1.29, 1.82) is 0 Å². The van der Waals surface area contributed by atoms with Crippen molar-refractivity contribution in [2.45, 2.75) is 19.3 Å². The predicted molar refractivity (Wildman–Crippen MR) is 89.6 cm³/mol. The van der Waals surface area contributed by atoms with Crippen LogP contribution in [0.4, 0.5) is 22.0 Å². The molecule has 0 radical (unpaired) electrons. The Bertz CT molecular complexity index is 870. The van der Waals surface area contributed by atoms with Gasteiger partial charge in [0.05, 0.1) is 16.9 Å². The smallest absolute Gasteiger partial charge is 0.475 e. The fourth-order valence-electron chi connectivity index (χ4n) is 1.58. The molecule has 0 unspecified atom stereocenters. The van der Waals surface area contributed by atoms with Gasteiger partial charge in [-0.15, -0.1) is 11.3 Å². The standard InChI is InChI=1S/C11H11BrF2N4OS.C2HF3O2/c12-9-2-1-8(20-9)5-17-6-16-18(11(17)19)4-7(3-15)10(13)14;3-2(4,5)1(6)7/h1-2,6H,3-5,15H2;(H,6,7). The van der Waals surface area contributed by atoms with Crippen molar-refractivity contribution < 1.29 is 31.9 Å². The van der Waals surface area contributed by atoms with Crippen LogP contribution in [-0.2, 0) is 17.9 Å². The minimum absolute atomic E-state index is 0.293. The first-order chi connectivity index (χ1) is 12.5. The molecule has 0 aromatic carbocycles. The summed E-state index contributed by atoms with van der Waals surface area (Å²) in [6, 6.07) is 3.76. The third-order valence-electron chi connectivity index (χ3n) is 2.85. The van der Waals surface area contributed by atoms with Crippen LogP contribution < -0.4 is 11.4 Å². The van der Waals surface area contributed by atoms with Crippen LogP contribution in [0.2, 0.25) is 0 Å². The van der Waals surface area contributed by atoms with E-state index in [1.165, 1.54) is 22.2 Å². The zero-order valence-corrected chi connectivity index (χ0v) is 15.6. The molecule has 0 fully saturated rings. The number of nitrogens with zero attached hydrogens (tertiary/aromatic N) is 3. The van der Waals surface area contributed by atoms with Gasteiger partial charge in [0.2, 0.25) is 0 Å². The molecule has 0 atom stereocenters. The van der Waals surface area contributed by atoms with E-state index in [9.17, 15) is 26.7 Å². The monoisotopic (exact) mass is 478 g/mol. The molecule has 2 aromatic rings. The van der Waals surface area contributed by atoms with Crippen LogP contribution in [0.5, 0.6) is 0 Å². The molecule has 2 rings (SSSR count). The highest BCUT2D eigenvalue weighted by molar-refractivity contribution is 9.11. The summed E-state index contributed by atoms with van der Waals surface area (Å²) in [6.07, 6.45) is -5.61. The van der Waals surface area contributed by atoms with Crippen LogP contribution >= 0.6 is 27.3 Å². The summed E-state index contributed by atoms with van der Waals surface area (Å²) in [6.45, 7) is -0.243. The molecule has 0 saturated heterocycles. The number of halogens is 6. The molecule has 2 heterocycles. The number of hydrogen-bond acceptors (Lipinski definition) is 5. The zero-order chi connectivity index (χ0) is 20.8. The number of carbonyl (C=O) groups is 1. The van der Waals surface area contributed by atoms with Crippen molar-refractivity contribution in [3.05, 3.63) is 49.3 Å². The maximum atomic E-state index is 12.5. The summed E-state index contributed by atoms with van der Waals surface area (Å²) >= 11 is 4.83. The summed E-state index contributed by atoms with van der Waals surface area (Å²) in [5.74, 6) is -2.76. The van der Waals surface area contributed by atoms with Crippen molar-refractivity contribution in [3.63, 3.8) is 0 Å². The minimum Gasteiger partial charge on any atom is -0.475 e. The lowest BCUT2D eigenvalue weighted by Crippen LogP contribution is -2.27. The lowest BCUT2D eigenvalue weighted by Gasteiger charge is -2.02. The average Bonchev–Trinajstić information content (AvgIpc) is 3.11. The predicted octanol–water partition coefficient (Wildman–Crippen LogP) is 2.66. The summed E-state index contributed by atoms with van der Waals surface area (Å²) < 4.78 is 60.1. The molecule has 27 heavy (non-hydrogen) atoms. The Labute approximate surface area is 160 Å². The van der Waals surface area contributed by atoms with E-state index in [1.54, 1.807) is 0 Å².